The van der Waals surface area contributed by atoms with E-state index in [-0.39, 0.29) is 0 Å². The van der Waals surface area contributed by atoms with Crippen LogP contribution in [0.25, 0.3) is 10.9 Å². The highest BCUT2D eigenvalue weighted by Gasteiger charge is 2.05. The number of benzene rings is 2. The number of hydrogen-bond donors (Lipinski definition) is 2. The summed E-state index contributed by atoms with van der Waals surface area (Å²) in [6.45, 7) is 0. The average Bonchev–Trinajstić information content (AvgIpc) is 2.47. The molecule has 0 aliphatic carbocycles. The van der Waals surface area contributed by atoms with Gasteiger partial charge in [0.2, 0.25) is 0 Å². The van der Waals surface area contributed by atoms with Crippen molar-refractivity contribution < 1.29 is 0 Å². The zero-order valence-corrected chi connectivity index (χ0v) is 12.6. The van der Waals surface area contributed by atoms with Crippen LogP contribution in [0.1, 0.15) is 5.56 Å². The number of fused-ring (bicyclic) bond motifs is 1. The Labute approximate surface area is 132 Å². The fourth-order valence-corrected chi connectivity index (χ4v) is 2.63. The van der Waals surface area contributed by atoms with Crippen molar-refractivity contribution in [1.29, 1.82) is 0 Å². The number of nitrogens with zero attached hydrogens (tertiary/aromatic N) is 1. The number of nitrogens with two attached hydrogens (primary N) is 1. The third-order valence-corrected chi connectivity index (χ3v) is 3.66. The third kappa shape index (κ3) is 2.96. The lowest BCUT2D eigenvalue weighted by Gasteiger charge is -2.09. The standard InChI is InChI=1S/C16H12ClN3S/c17-14-9-12(3-5-13(14)16(18)21)20-11-4-6-15-10(8-11)2-1-7-19-15/h1-9,20H,(H2,18,21). The molecule has 0 saturated carbocycles. The van der Waals surface area contributed by atoms with Gasteiger partial charge in [0.15, 0.2) is 0 Å². The van der Waals surface area contributed by atoms with Gasteiger partial charge < -0.3 is 11.1 Å². The van der Waals surface area contributed by atoms with E-state index in [9.17, 15) is 0 Å². The maximum atomic E-state index is 6.17. The van der Waals surface area contributed by atoms with Crippen molar-refractivity contribution in [2.75, 3.05) is 5.32 Å². The Morgan fingerprint density at radius 3 is 2.62 bits per heavy atom. The minimum Gasteiger partial charge on any atom is -0.389 e. The first-order valence-corrected chi connectivity index (χ1v) is 7.13. The molecule has 0 spiro atoms. The van der Waals surface area contributed by atoms with Crippen LogP contribution in [0, 0.1) is 0 Å². The van der Waals surface area contributed by atoms with Crippen molar-refractivity contribution >= 4 is 51.1 Å². The van der Waals surface area contributed by atoms with Gasteiger partial charge in [-0.1, -0.05) is 29.9 Å². The number of nitrogens with one attached hydrogen (secondary N) is 1. The molecule has 3 N–H and O–H groups in total. The maximum Gasteiger partial charge on any atom is 0.105 e. The SMILES string of the molecule is NC(=S)c1ccc(Nc2ccc3ncccc3c2)cc1Cl. The Hall–Kier alpha value is -2.17. The van der Waals surface area contributed by atoms with Crippen LogP contribution in [-0.4, -0.2) is 9.97 Å². The summed E-state index contributed by atoms with van der Waals surface area (Å²) in [6, 6.07) is 15.5. The number of hydrogen-bond acceptors (Lipinski definition) is 3. The molecule has 0 aliphatic heterocycles. The molecular formula is C16H12ClN3S. The van der Waals surface area contributed by atoms with E-state index >= 15 is 0 Å². The van der Waals surface area contributed by atoms with Gasteiger partial charge in [-0.25, -0.2) is 0 Å². The fraction of sp³-hybridized carbons (Fsp3) is 0. The Morgan fingerprint density at radius 1 is 1.10 bits per heavy atom. The molecule has 0 unspecified atom stereocenters. The molecule has 0 amide bonds. The minimum atomic E-state index is 0.295. The Bertz CT molecular complexity index is 833. The van der Waals surface area contributed by atoms with E-state index in [1.807, 2.05) is 48.5 Å². The number of rotatable bonds is 3. The van der Waals surface area contributed by atoms with Crippen LogP contribution in [0.5, 0.6) is 0 Å². The molecule has 5 heteroatoms. The molecule has 104 valence electrons. The number of aromatic nitrogens is 1. The molecule has 3 nitrogen and oxygen atoms in total. The van der Waals surface area contributed by atoms with Crippen molar-refractivity contribution in [2.45, 2.75) is 0 Å². The van der Waals surface area contributed by atoms with Gasteiger partial charge in [-0.3, -0.25) is 4.98 Å². The van der Waals surface area contributed by atoms with Gasteiger partial charge in [0, 0.05) is 28.5 Å². The molecule has 0 aliphatic rings. The first-order chi connectivity index (χ1) is 10.1. The van der Waals surface area contributed by atoms with Crippen molar-refractivity contribution in [3.8, 4) is 0 Å². The van der Waals surface area contributed by atoms with E-state index in [1.54, 1.807) is 6.20 Å². The molecule has 0 fully saturated rings. The predicted molar refractivity (Wildman–Crippen MR) is 92.4 cm³/mol. The maximum absolute atomic E-state index is 6.17. The van der Waals surface area contributed by atoms with Crippen molar-refractivity contribution in [2.24, 2.45) is 5.73 Å². The monoisotopic (exact) mass is 313 g/mol. The number of halogens is 1. The molecule has 0 radical (unpaired) electrons. The van der Waals surface area contributed by atoms with Gasteiger partial charge in [-0.05, 0) is 42.5 Å². The molecule has 0 atom stereocenters. The van der Waals surface area contributed by atoms with Gasteiger partial charge in [-0.2, -0.15) is 0 Å². The predicted octanol–water partition coefficient (Wildman–Crippen LogP) is 4.27. The molecule has 3 aromatic rings. The van der Waals surface area contributed by atoms with E-state index in [0.717, 1.165) is 22.3 Å². The second-order valence-electron chi connectivity index (χ2n) is 4.59. The second kappa shape index (κ2) is 5.68. The largest absolute Gasteiger partial charge is 0.389 e. The summed E-state index contributed by atoms with van der Waals surface area (Å²) in [5.74, 6) is 0. The summed E-state index contributed by atoms with van der Waals surface area (Å²) in [5, 5.41) is 4.92. The molecular weight excluding hydrogens is 302 g/mol. The first-order valence-electron chi connectivity index (χ1n) is 6.34. The van der Waals surface area contributed by atoms with Crippen LogP contribution in [0.15, 0.2) is 54.7 Å². The molecule has 0 saturated heterocycles. The highest BCUT2D eigenvalue weighted by Crippen LogP contribution is 2.25. The van der Waals surface area contributed by atoms with E-state index in [1.165, 1.54) is 0 Å². The summed E-state index contributed by atoms with van der Waals surface area (Å²) in [5.41, 5.74) is 9.09. The van der Waals surface area contributed by atoms with Gasteiger partial charge in [-0.15, -0.1) is 0 Å². The lowest BCUT2D eigenvalue weighted by atomic mass is 10.1. The van der Waals surface area contributed by atoms with Gasteiger partial charge in [0.1, 0.15) is 4.99 Å². The van der Waals surface area contributed by atoms with E-state index in [0.29, 0.717) is 15.6 Å². The third-order valence-electron chi connectivity index (χ3n) is 3.13. The molecule has 1 aromatic heterocycles. The quantitative estimate of drug-likeness (QED) is 0.709. The van der Waals surface area contributed by atoms with Gasteiger partial charge in [0.05, 0.1) is 10.5 Å². The zero-order valence-electron chi connectivity index (χ0n) is 11.0. The number of pyridine rings is 1. The highest BCUT2D eigenvalue weighted by atomic mass is 35.5. The lowest BCUT2D eigenvalue weighted by molar-refractivity contribution is 1.41. The number of thiocarbonyl (C=S) groups is 1. The smallest absolute Gasteiger partial charge is 0.105 e. The molecule has 2 aromatic carbocycles. The lowest BCUT2D eigenvalue weighted by Crippen LogP contribution is -2.09. The summed E-state index contributed by atoms with van der Waals surface area (Å²) >= 11 is 11.1. The second-order valence-corrected chi connectivity index (χ2v) is 5.44. The first kappa shape index (κ1) is 13.8. The normalized spacial score (nSPS) is 10.5. The average molecular weight is 314 g/mol. The number of anilines is 2. The van der Waals surface area contributed by atoms with E-state index in [2.05, 4.69) is 10.3 Å². The topological polar surface area (TPSA) is 50.9 Å². The van der Waals surface area contributed by atoms with Crippen LogP contribution in [0.3, 0.4) is 0 Å². The summed E-state index contributed by atoms with van der Waals surface area (Å²) < 4.78 is 0. The van der Waals surface area contributed by atoms with Crippen LogP contribution in [-0.2, 0) is 0 Å². The zero-order chi connectivity index (χ0) is 14.8. The van der Waals surface area contributed by atoms with Gasteiger partial charge >= 0.3 is 0 Å². The summed E-state index contributed by atoms with van der Waals surface area (Å²) in [6.07, 6.45) is 1.78. The highest BCUT2D eigenvalue weighted by molar-refractivity contribution is 7.80. The Balaban J connectivity index is 1.91. The van der Waals surface area contributed by atoms with Crippen LogP contribution < -0.4 is 11.1 Å². The molecule has 21 heavy (non-hydrogen) atoms. The molecule has 0 bridgehead atoms. The van der Waals surface area contributed by atoms with Crippen LogP contribution in [0.4, 0.5) is 11.4 Å². The van der Waals surface area contributed by atoms with Gasteiger partial charge in [0.25, 0.3) is 0 Å². The Morgan fingerprint density at radius 2 is 1.86 bits per heavy atom. The van der Waals surface area contributed by atoms with E-state index < -0.39 is 0 Å². The summed E-state index contributed by atoms with van der Waals surface area (Å²) in [7, 11) is 0. The van der Waals surface area contributed by atoms with Crippen molar-refractivity contribution in [1.82, 2.24) is 4.98 Å². The minimum absolute atomic E-state index is 0.295. The van der Waals surface area contributed by atoms with Crippen LogP contribution >= 0.6 is 23.8 Å². The van der Waals surface area contributed by atoms with Crippen molar-refractivity contribution in [3.63, 3.8) is 0 Å². The fourth-order valence-electron chi connectivity index (χ4n) is 2.11. The van der Waals surface area contributed by atoms with Crippen molar-refractivity contribution in [3.05, 3.63) is 65.3 Å². The van der Waals surface area contributed by atoms with E-state index in [4.69, 9.17) is 29.6 Å². The van der Waals surface area contributed by atoms with Crippen LogP contribution in [0.2, 0.25) is 5.02 Å². The molecule has 3 rings (SSSR count). The molecule has 1 heterocycles. The Kier molecular flexibility index (Phi) is 3.73. The summed E-state index contributed by atoms with van der Waals surface area (Å²) in [4.78, 5) is 4.59.